The number of imidazole rings is 1. The van der Waals surface area contributed by atoms with Crippen LogP contribution in [-0.4, -0.2) is 142 Å². The number of nitrogens with zero attached hydrogens (tertiary/aromatic N) is 3. The molecule has 1 unspecified atom stereocenters. The fourth-order valence-electron chi connectivity index (χ4n) is 8.49. The molecule has 0 radical (unpaired) electrons. The smallest absolute Gasteiger partial charge is 0.243 e. The molecule has 27 heteroatoms. The van der Waals surface area contributed by atoms with E-state index in [0.29, 0.717) is 16.8 Å². The second-order valence-corrected chi connectivity index (χ2v) is 18.5. The molecule has 9 amide bonds. The van der Waals surface area contributed by atoms with Crippen LogP contribution in [0.25, 0.3) is 10.9 Å². The third-order valence-corrected chi connectivity index (χ3v) is 12.4. The molecular formula is C50H70N18O9. The number of fused-ring (bicyclic) bond motifs is 1. The van der Waals surface area contributed by atoms with Crippen molar-refractivity contribution in [2.24, 2.45) is 38.7 Å². The molecule has 4 aromatic rings. The Balaban J connectivity index is 1.54. The monoisotopic (exact) mass is 1070 g/mol. The van der Waals surface area contributed by atoms with Crippen LogP contribution >= 0.6 is 0 Å². The van der Waals surface area contributed by atoms with Crippen LogP contribution in [0.5, 0.6) is 0 Å². The number of nitrogens with two attached hydrogens (primary N) is 5. The van der Waals surface area contributed by atoms with E-state index < -0.39 is 95.5 Å². The lowest BCUT2D eigenvalue weighted by Gasteiger charge is -2.28. The summed E-state index contributed by atoms with van der Waals surface area (Å²) in [4.78, 5) is 143. The minimum atomic E-state index is -1.43. The summed E-state index contributed by atoms with van der Waals surface area (Å²) in [6.07, 6.45) is 3.90. The molecule has 0 aliphatic carbocycles. The van der Waals surface area contributed by atoms with Crippen molar-refractivity contribution >= 4 is 76.0 Å². The summed E-state index contributed by atoms with van der Waals surface area (Å²) in [5, 5.41) is 22.3. The number of amides is 9. The van der Waals surface area contributed by atoms with Gasteiger partial charge in [-0.2, -0.15) is 0 Å². The van der Waals surface area contributed by atoms with Gasteiger partial charge >= 0.3 is 0 Å². The number of aliphatic imine (C=N–C) groups is 2. The topological polar surface area (TPSA) is 449 Å². The first-order valence-electron chi connectivity index (χ1n) is 25.2. The number of carbonyl (C=O) groups excluding carboxylic acids is 9. The highest BCUT2D eigenvalue weighted by atomic mass is 16.2. The van der Waals surface area contributed by atoms with Crippen molar-refractivity contribution in [3.05, 3.63) is 90.1 Å². The number of aromatic nitrogens is 3. The number of para-hydroxylation sites is 1. The molecule has 0 bridgehead atoms. The molecule has 3 heterocycles. The Kier molecular flexibility index (Phi) is 22.7. The number of H-pyrrole nitrogens is 2. The lowest BCUT2D eigenvalue weighted by molar-refractivity contribution is -0.135. The van der Waals surface area contributed by atoms with Crippen LogP contribution in [0, 0.1) is 0 Å². The maximum Gasteiger partial charge on any atom is 0.243 e. The number of aromatic amines is 2. The van der Waals surface area contributed by atoms with Gasteiger partial charge < -0.3 is 81.2 Å². The number of guanidine groups is 2. The van der Waals surface area contributed by atoms with Gasteiger partial charge in [-0.3, -0.25) is 53.1 Å². The molecule has 20 N–H and O–H groups in total. The van der Waals surface area contributed by atoms with E-state index in [4.69, 9.17) is 28.7 Å². The predicted molar refractivity (Wildman–Crippen MR) is 284 cm³/mol. The second kappa shape index (κ2) is 29.7. The molecule has 2 aromatic carbocycles. The van der Waals surface area contributed by atoms with Crippen molar-refractivity contribution in [3.63, 3.8) is 0 Å². The van der Waals surface area contributed by atoms with E-state index in [9.17, 15) is 43.2 Å². The van der Waals surface area contributed by atoms with Crippen molar-refractivity contribution in [2.45, 2.75) is 120 Å². The highest BCUT2D eigenvalue weighted by molar-refractivity contribution is 5.98. The van der Waals surface area contributed by atoms with Crippen molar-refractivity contribution in [1.82, 2.24) is 57.5 Å². The van der Waals surface area contributed by atoms with Crippen LogP contribution in [0.15, 0.2) is 83.3 Å². The summed E-state index contributed by atoms with van der Waals surface area (Å²) in [6, 6.07) is 6.44. The standard InChI is InChI=1S/C50H70N18O9/c1-28(69)62-35(14-8-20-58-49(52)53)43(72)64-36-15-7-19-57-41(70)18-17-34(42(51)71)63-47(76)39(23-30-25-60-33-13-6-5-12-32(30)33)67-44(73)37(16-9-21-59-50(54)55)65-46(75)38(22-29-10-3-2-4-11-29)66-48(77)40(68-45(36)74)24-31-26-56-27-61-31/h2-6,10-13,25-27,34-40,60H,7-9,14-24H2,1H3,(H2,51,71)(H,56,61)(H,57,70)(H,62,69)(H,63,76)(H,64,72)(H,65,75)(H,66,77)(H,67,73)(H,68,74)(H4,52,53,58)(H4,54,55,59)/t34?,35-,36-,37-,38+,39-,40-/m0/s1. The Morgan fingerprint density at radius 2 is 1.31 bits per heavy atom. The van der Waals surface area contributed by atoms with Gasteiger partial charge in [0.05, 0.1) is 6.33 Å². The fraction of sp³-hybridized carbons (Fsp3) is 0.440. The lowest BCUT2D eigenvalue weighted by atomic mass is 10.0. The Morgan fingerprint density at radius 3 is 1.97 bits per heavy atom. The van der Waals surface area contributed by atoms with Gasteiger partial charge in [0.2, 0.25) is 53.2 Å². The molecule has 0 saturated carbocycles. The first-order chi connectivity index (χ1) is 36.9. The summed E-state index contributed by atoms with van der Waals surface area (Å²) in [5.74, 6) is -7.34. The quantitative estimate of drug-likeness (QED) is 0.0263. The van der Waals surface area contributed by atoms with E-state index in [1.165, 1.54) is 19.4 Å². The molecule has 0 spiro atoms. The predicted octanol–water partition coefficient (Wildman–Crippen LogP) is -3.38. The Hall–Kier alpha value is -9.04. The Bertz CT molecular complexity index is 2720. The minimum Gasteiger partial charge on any atom is -0.370 e. The normalized spacial score (nSPS) is 20.8. The molecule has 414 valence electrons. The summed E-state index contributed by atoms with van der Waals surface area (Å²) in [7, 11) is 0. The first-order valence-corrected chi connectivity index (χ1v) is 25.2. The highest BCUT2D eigenvalue weighted by Gasteiger charge is 2.35. The molecule has 2 aromatic heterocycles. The summed E-state index contributed by atoms with van der Waals surface area (Å²) >= 11 is 0. The van der Waals surface area contributed by atoms with Gasteiger partial charge in [0, 0.05) is 81.2 Å². The largest absolute Gasteiger partial charge is 0.370 e. The van der Waals surface area contributed by atoms with Crippen molar-refractivity contribution in [3.8, 4) is 0 Å². The molecule has 77 heavy (non-hydrogen) atoms. The van der Waals surface area contributed by atoms with Crippen molar-refractivity contribution in [2.75, 3.05) is 19.6 Å². The molecule has 27 nitrogen and oxygen atoms in total. The third-order valence-electron chi connectivity index (χ3n) is 12.4. The summed E-state index contributed by atoms with van der Waals surface area (Å²) in [5.41, 5.74) is 30.2. The summed E-state index contributed by atoms with van der Waals surface area (Å²) in [6.45, 7) is 1.35. The SMILES string of the molecule is CC(=O)N[C@@H](CCCN=C(N)N)C(=O)N[C@H]1CCCNC(=O)CCC(C(N)=O)NC(=O)[C@H](Cc2c[nH]c3ccccc23)NC(=O)[C@H](CCCN=C(N)N)NC(=O)[C@@H](Cc2ccccc2)NC(=O)[C@H](Cc2cnc[nH]2)NC1=O. The highest BCUT2D eigenvalue weighted by Crippen LogP contribution is 2.20. The van der Waals surface area contributed by atoms with E-state index in [-0.39, 0.29) is 102 Å². The van der Waals surface area contributed by atoms with E-state index in [1.54, 1.807) is 42.6 Å². The van der Waals surface area contributed by atoms with Gasteiger partial charge in [0.1, 0.15) is 42.3 Å². The molecule has 1 aliphatic rings. The third kappa shape index (κ3) is 19.6. The first kappa shape index (κ1) is 58.8. The zero-order valence-corrected chi connectivity index (χ0v) is 42.8. The molecule has 5 rings (SSSR count). The van der Waals surface area contributed by atoms with E-state index in [0.717, 1.165) is 10.9 Å². The Morgan fingerprint density at radius 1 is 0.701 bits per heavy atom. The van der Waals surface area contributed by atoms with Crippen LogP contribution in [0.3, 0.4) is 0 Å². The fourth-order valence-corrected chi connectivity index (χ4v) is 8.49. The molecule has 7 atom stereocenters. The number of carbonyl (C=O) groups is 9. The second-order valence-electron chi connectivity index (χ2n) is 18.5. The van der Waals surface area contributed by atoms with Crippen LogP contribution in [0.1, 0.15) is 75.1 Å². The van der Waals surface area contributed by atoms with Gasteiger partial charge in [-0.15, -0.1) is 0 Å². The average Bonchev–Trinajstić information content (AvgIpc) is 4.07. The number of primary amides is 1. The maximum absolute atomic E-state index is 14.7. The van der Waals surface area contributed by atoms with Crippen LogP contribution in [-0.2, 0) is 62.4 Å². The van der Waals surface area contributed by atoms with Gasteiger partial charge in [-0.05, 0) is 62.1 Å². The summed E-state index contributed by atoms with van der Waals surface area (Å²) < 4.78 is 0. The van der Waals surface area contributed by atoms with E-state index in [1.807, 2.05) is 18.2 Å². The van der Waals surface area contributed by atoms with E-state index >= 15 is 0 Å². The molecule has 1 saturated heterocycles. The Labute approximate surface area is 443 Å². The number of nitrogens with one attached hydrogen (secondary N) is 10. The van der Waals surface area contributed by atoms with Crippen molar-refractivity contribution in [1.29, 1.82) is 0 Å². The maximum atomic E-state index is 14.7. The number of hydrogen-bond acceptors (Lipinski definition) is 12. The van der Waals surface area contributed by atoms with Gasteiger partial charge in [0.25, 0.3) is 0 Å². The van der Waals surface area contributed by atoms with Crippen molar-refractivity contribution < 1.29 is 43.2 Å². The molecule has 1 aliphatic heterocycles. The number of hydrogen-bond donors (Lipinski definition) is 15. The van der Waals surface area contributed by atoms with Crippen LogP contribution in [0.2, 0.25) is 0 Å². The lowest BCUT2D eigenvalue weighted by Crippen LogP contribution is -2.60. The van der Waals surface area contributed by atoms with E-state index in [2.05, 4.69) is 67.5 Å². The minimum absolute atomic E-state index is 0.0418. The molecule has 1 fully saturated rings. The average molecular weight is 1070 g/mol. The van der Waals surface area contributed by atoms with Gasteiger partial charge in [0.15, 0.2) is 11.9 Å². The number of rotatable bonds is 18. The van der Waals surface area contributed by atoms with Gasteiger partial charge in [-0.25, -0.2) is 4.98 Å². The zero-order valence-electron chi connectivity index (χ0n) is 42.8. The van der Waals surface area contributed by atoms with Gasteiger partial charge in [-0.1, -0.05) is 48.5 Å². The van der Waals surface area contributed by atoms with Crippen LogP contribution < -0.4 is 71.2 Å². The zero-order chi connectivity index (χ0) is 55.9. The number of benzene rings is 2. The van der Waals surface area contributed by atoms with Crippen LogP contribution in [0.4, 0.5) is 0 Å². The molecular weight excluding hydrogens is 997 g/mol.